The summed E-state index contributed by atoms with van der Waals surface area (Å²) in [5.41, 5.74) is 3.27. The molecule has 2 aromatic carbocycles. The van der Waals surface area contributed by atoms with Gasteiger partial charge in [0.15, 0.2) is 5.43 Å². The second-order valence-electron chi connectivity index (χ2n) is 7.11. The lowest BCUT2D eigenvalue weighted by Gasteiger charge is -2.17. The van der Waals surface area contributed by atoms with Crippen molar-refractivity contribution < 1.29 is 19.4 Å². The van der Waals surface area contributed by atoms with Gasteiger partial charge in [-0.15, -0.1) is 0 Å². The second kappa shape index (κ2) is 6.53. The van der Waals surface area contributed by atoms with Crippen LogP contribution in [0.15, 0.2) is 63.8 Å². The van der Waals surface area contributed by atoms with Gasteiger partial charge < -0.3 is 14.6 Å². The van der Waals surface area contributed by atoms with Crippen LogP contribution in [0, 0.1) is 0 Å². The minimum absolute atomic E-state index is 0.195. The summed E-state index contributed by atoms with van der Waals surface area (Å²) in [7, 11) is 0. The predicted molar refractivity (Wildman–Crippen MR) is 109 cm³/mol. The van der Waals surface area contributed by atoms with E-state index in [1.807, 2.05) is 26.0 Å². The summed E-state index contributed by atoms with van der Waals surface area (Å²) in [6, 6.07) is 14.9. The molecule has 3 N–H and O–H groups in total. The zero-order chi connectivity index (χ0) is 20.0. The number of benzene rings is 3. The molecule has 140 valence electrons. The quantitative estimate of drug-likeness (QED) is 0.410. The largest absolute Gasteiger partial charge is 0.593 e. The fraction of sp³-hybridized carbons (Fsp3) is 0.130. The molecule has 0 unspecified atom stereocenters. The molecule has 0 spiro atoms. The molecule has 0 fully saturated rings. The molecule has 28 heavy (non-hydrogen) atoms. The molecule has 5 nitrogen and oxygen atoms in total. The lowest BCUT2D eigenvalue weighted by Crippen LogP contribution is -2.04. The lowest BCUT2D eigenvalue weighted by molar-refractivity contribution is 0.0697. The van der Waals surface area contributed by atoms with Gasteiger partial charge in [-0.2, -0.15) is 0 Å². The highest BCUT2D eigenvalue weighted by molar-refractivity contribution is 6.07. The van der Waals surface area contributed by atoms with Crippen molar-refractivity contribution in [2.24, 2.45) is 0 Å². The molecule has 0 bridgehead atoms. The highest BCUT2D eigenvalue weighted by atomic mass is 16.4. The Balaban J connectivity index is 2.16. The van der Waals surface area contributed by atoms with Gasteiger partial charge in [0.2, 0.25) is 0 Å². The first-order chi connectivity index (χ1) is 13.3. The molecule has 0 saturated heterocycles. The topological polar surface area (TPSA) is 90.4 Å². The molecule has 4 rings (SSSR count). The number of rotatable bonds is 3. The summed E-state index contributed by atoms with van der Waals surface area (Å²) in [6.07, 6.45) is 0. The van der Waals surface area contributed by atoms with Gasteiger partial charge in [-0.1, -0.05) is 26.0 Å². The number of fused-ring (bicyclic) bond motifs is 2. The Hall–Kier alpha value is -3.60. The molecule has 0 saturated carbocycles. The van der Waals surface area contributed by atoms with Crippen LogP contribution in [-0.2, 0) is 0 Å². The van der Waals surface area contributed by atoms with Crippen LogP contribution in [0.1, 0.15) is 35.7 Å². The van der Waals surface area contributed by atoms with Gasteiger partial charge in [-0.25, -0.2) is 4.79 Å². The number of carbonyl (C=O) groups is 1. The average molecular weight is 375 g/mol. The Bertz CT molecular complexity index is 1250. The summed E-state index contributed by atoms with van der Waals surface area (Å²) < 4.78 is 5.86. The smallest absolute Gasteiger partial charge is 0.336 e. The lowest BCUT2D eigenvalue weighted by atomic mass is 9.88. The van der Waals surface area contributed by atoms with Gasteiger partial charge in [0.1, 0.15) is 11.3 Å². The Kier molecular flexibility index (Phi) is 4.15. The van der Waals surface area contributed by atoms with E-state index >= 15 is 0 Å². The molecule has 0 aromatic heterocycles. The number of hydrogen-bond acceptors (Lipinski definition) is 3. The number of aromatic carboxylic acids is 1. The monoisotopic (exact) mass is 375 g/mol. The Morgan fingerprint density at radius 1 is 1.00 bits per heavy atom. The first-order valence-electron chi connectivity index (χ1n) is 8.95. The normalized spacial score (nSPS) is 11.4. The highest BCUT2D eigenvalue weighted by Crippen LogP contribution is 2.42. The number of carboxylic acid groups (broad SMARTS) is 1. The van der Waals surface area contributed by atoms with Crippen molar-refractivity contribution in [2.75, 3.05) is 0 Å². The van der Waals surface area contributed by atoms with Crippen LogP contribution >= 0.6 is 0 Å². The van der Waals surface area contributed by atoms with E-state index in [0.29, 0.717) is 33.4 Å². The first kappa shape index (κ1) is 17.8. The van der Waals surface area contributed by atoms with Crippen molar-refractivity contribution >= 4 is 16.9 Å². The molecule has 1 heterocycles. The van der Waals surface area contributed by atoms with Gasteiger partial charge in [0.05, 0.1) is 11.6 Å². The third-order valence-electron chi connectivity index (χ3n) is 4.90. The minimum atomic E-state index is -1.02. The van der Waals surface area contributed by atoms with E-state index in [-0.39, 0.29) is 22.7 Å². The van der Waals surface area contributed by atoms with Crippen molar-refractivity contribution in [3.8, 4) is 28.2 Å². The zero-order valence-corrected chi connectivity index (χ0v) is 15.4. The maximum absolute atomic E-state index is 12.0. The fourth-order valence-electron chi connectivity index (χ4n) is 3.48. The van der Waals surface area contributed by atoms with E-state index in [1.165, 1.54) is 12.1 Å². The summed E-state index contributed by atoms with van der Waals surface area (Å²) in [6.45, 7) is 4.02. The summed E-state index contributed by atoms with van der Waals surface area (Å²) in [5, 5.41) is 18.4. The third-order valence-corrected chi connectivity index (χ3v) is 4.90. The first-order valence-corrected chi connectivity index (χ1v) is 8.95. The Labute approximate surface area is 160 Å². The van der Waals surface area contributed by atoms with Crippen molar-refractivity contribution in [1.29, 1.82) is 0 Å². The van der Waals surface area contributed by atoms with Crippen LogP contribution in [0.5, 0.6) is 5.75 Å². The van der Waals surface area contributed by atoms with E-state index in [1.54, 1.807) is 30.3 Å². The highest BCUT2D eigenvalue weighted by Gasteiger charge is 2.22. The number of hydrogen-bond donors (Lipinski definition) is 1. The maximum Gasteiger partial charge on any atom is 0.336 e. The van der Waals surface area contributed by atoms with Crippen molar-refractivity contribution in [2.45, 2.75) is 19.8 Å². The van der Waals surface area contributed by atoms with E-state index in [2.05, 4.69) is 0 Å². The number of carboxylic acids is 1. The fourth-order valence-corrected chi connectivity index (χ4v) is 3.48. The van der Waals surface area contributed by atoms with Gasteiger partial charge in [-0.3, -0.25) is 4.79 Å². The van der Waals surface area contributed by atoms with Crippen LogP contribution < -0.4 is 5.43 Å². The standard InChI is InChI=1S/C23H18O5/c1-12(2)13-3-6-16(19(9-13)23(26)27)22-17-7-4-14(24)10-20(17)28-21-11-15(25)5-8-18(21)22/h3-12,24H,1-2H3,(H,26,27)/p+1. The predicted octanol–water partition coefficient (Wildman–Crippen LogP) is 4.82. The van der Waals surface area contributed by atoms with Gasteiger partial charge in [0, 0.05) is 28.6 Å². The summed E-state index contributed by atoms with van der Waals surface area (Å²) >= 11 is 0. The van der Waals surface area contributed by atoms with Crippen LogP contribution in [0.25, 0.3) is 33.4 Å². The van der Waals surface area contributed by atoms with E-state index in [4.69, 9.17) is 9.52 Å². The molecule has 5 heteroatoms. The summed E-state index contributed by atoms with van der Waals surface area (Å²) in [5.74, 6) is -0.184. The van der Waals surface area contributed by atoms with Gasteiger partial charge in [-0.05, 0) is 41.3 Å². The van der Waals surface area contributed by atoms with Crippen LogP contribution in [-0.4, -0.2) is 16.2 Å². The van der Waals surface area contributed by atoms with Crippen LogP contribution in [0.2, 0.25) is 0 Å². The molecule has 2 aromatic rings. The molecular formula is C23H19O5+. The molecule has 0 atom stereocenters. The zero-order valence-electron chi connectivity index (χ0n) is 15.4. The van der Waals surface area contributed by atoms with E-state index in [0.717, 1.165) is 5.56 Å². The van der Waals surface area contributed by atoms with Crippen molar-refractivity contribution in [3.05, 3.63) is 75.9 Å². The minimum Gasteiger partial charge on any atom is -0.593 e. The molecular weight excluding hydrogens is 356 g/mol. The Morgan fingerprint density at radius 2 is 1.75 bits per heavy atom. The molecule has 0 radical (unpaired) electrons. The maximum atomic E-state index is 12.0. The van der Waals surface area contributed by atoms with Crippen molar-refractivity contribution in [1.82, 2.24) is 0 Å². The molecule has 1 aliphatic carbocycles. The van der Waals surface area contributed by atoms with E-state index in [9.17, 15) is 14.7 Å². The average Bonchev–Trinajstić information content (AvgIpc) is 2.65. The van der Waals surface area contributed by atoms with Gasteiger partial charge >= 0.3 is 5.97 Å². The Morgan fingerprint density at radius 3 is 2.46 bits per heavy atom. The molecule has 1 aliphatic heterocycles. The van der Waals surface area contributed by atoms with E-state index < -0.39 is 5.97 Å². The van der Waals surface area contributed by atoms with Crippen LogP contribution in [0.3, 0.4) is 0 Å². The van der Waals surface area contributed by atoms with Crippen LogP contribution in [0.4, 0.5) is 0 Å². The molecule has 0 amide bonds. The molecule has 2 aliphatic rings. The third kappa shape index (κ3) is 2.91. The van der Waals surface area contributed by atoms with Crippen molar-refractivity contribution in [3.63, 3.8) is 0 Å². The second-order valence-corrected chi connectivity index (χ2v) is 7.11. The van der Waals surface area contributed by atoms with Gasteiger partial charge in [0.25, 0.3) is 5.75 Å². The summed E-state index contributed by atoms with van der Waals surface area (Å²) in [4.78, 5) is 23.9. The SMILES string of the molecule is CC(C)c1ccc(-c2c3ccc(=O)cc-3oc3cc([OH2+])ccc23)c(C(=O)O)c1.